The van der Waals surface area contributed by atoms with Crippen molar-refractivity contribution in [1.29, 1.82) is 0 Å². The Hall–Kier alpha value is -4.39. The number of H-pyrrole nitrogens is 2. The zero-order valence-corrected chi connectivity index (χ0v) is 30.8. The van der Waals surface area contributed by atoms with Crippen LogP contribution in [0.15, 0.2) is 88.3 Å². The number of nitrogen functional groups attached to an aromatic ring is 1. The molecule has 0 atom stereocenters. The SMILES string of the molecule is CSc1nccc(=O)[nH]1.Cn1nccc1N.Cn1nccc1Nc1nccc(=O)[nH]1.Cn1nccc1Nc1nccc(Cl)n1.O=P(Cl)(Cl)Cl. The molecule has 6 heterocycles. The Bertz CT molecular complexity index is 2000. The second kappa shape index (κ2) is 20.9. The first-order valence-corrected chi connectivity index (χ1v) is 19.2. The van der Waals surface area contributed by atoms with Crippen LogP contribution in [0.5, 0.6) is 0 Å². The lowest BCUT2D eigenvalue weighted by atomic mass is 10.6. The van der Waals surface area contributed by atoms with Gasteiger partial charge in [0.2, 0.25) is 11.9 Å². The zero-order valence-electron chi connectivity index (χ0n) is 26.1. The highest BCUT2D eigenvalue weighted by atomic mass is 36.0. The highest BCUT2D eigenvalue weighted by molar-refractivity contribution is 8.24. The molecule has 0 aliphatic rings. The topological polar surface area (TPSA) is 238 Å². The number of anilines is 5. The molecule has 49 heavy (non-hydrogen) atoms. The summed E-state index contributed by atoms with van der Waals surface area (Å²) in [6.45, 7) is 0. The van der Waals surface area contributed by atoms with Gasteiger partial charge in [0.05, 0.1) is 18.6 Å². The maximum atomic E-state index is 10.9. The van der Waals surface area contributed by atoms with E-state index in [1.165, 1.54) is 36.3 Å². The van der Waals surface area contributed by atoms with Crippen LogP contribution in [0.1, 0.15) is 0 Å². The van der Waals surface area contributed by atoms with Gasteiger partial charge in [-0.2, -0.15) is 15.3 Å². The molecule has 6 aromatic rings. The fraction of sp³-hybridized carbons (Fsp3) is 0.160. The molecule has 0 fully saturated rings. The van der Waals surface area contributed by atoms with E-state index in [0.29, 0.717) is 28.0 Å². The van der Waals surface area contributed by atoms with Crippen LogP contribution < -0.4 is 27.5 Å². The van der Waals surface area contributed by atoms with E-state index in [4.69, 9.17) is 17.3 Å². The third-order valence-electron chi connectivity index (χ3n) is 5.12. The molecular formula is C25H30Cl4N15O3PS. The van der Waals surface area contributed by atoms with Crippen LogP contribution in [-0.2, 0) is 25.7 Å². The second-order valence-electron chi connectivity index (χ2n) is 8.64. The summed E-state index contributed by atoms with van der Waals surface area (Å²) >= 11 is 21.0. The van der Waals surface area contributed by atoms with Gasteiger partial charge in [-0.25, -0.2) is 19.9 Å². The Labute approximate surface area is 302 Å². The molecule has 0 amide bonds. The summed E-state index contributed by atoms with van der Waals surface area (Å²) < 4.78 is 14.5. The van der Waals surface area contributed by atoms with E-state index in [-0.39, 0.29) is 11.1 Å². The monoisotopic (exact) mass is 791 g/mol. The number of halogens is 4. The summed E-state index contributed by atoms with van der Waals surface area (Å²) in [5, 5.41) is 15.5. The van der Waals surface area contributed by atoms with Gasteiger partial charge in [-0.3, -0.25) is 33.2 Å². The minimum atomic E-state index is -3.22. The molecule has 24 heteroatoms. The number of aromatic nitrogens is 12. The largest absolute Gasteiger partial charge is 0.384 e. The molecule has 0 saturated heterocycles. The summed E-state index contributed by atoms with van der Waals surface area (Å²) in [5.41, 5.74) is 5.05. The second-order valence-corrected chi connectivity index (χ2v) is 16.5. The van der Waals surface area contributed by atoms with E-state index in [9.17, 15) is 14.2 Å². The van der Waals surface area contributed by atoms with Crippen molar-refractivity contribution in [3.05, 3.63) is 99.4 Å². The molecule has 0 aliphatic heterocycles. The molecule has 0 aromatic carbocycles. The molecule has 0 radical (unpaired) electrons. The lowest BCUT2D eigenvalue weighted by Crippen LogP contribution is -2.09. The van der Waals surface area contributed by atoms with Crippen LogP contribution in [-0.4, -0.2) is 65.5 Å². The third-order valence-corrected chi connectivity index (χ3v) is 5.93. The first-order valence-electron chi connectivity index (χ1n) is 13.2. The summed E-state index contributed by atoms with van der Waals surface area (Å²) in [4.78, 5) is 42.4. The molecule has 0 aliphatic carbocycles. The summed E-state index contributed by atoms with van der Waals surface area (Å²) in [6.07, 6.45) is 11.4. The number of nitrogens with two attached hydrogens (primary N) is 1. The Morgan fingerprint density at radius 2 is 1.24 bits per heavy atom. The summed E-state index contributed by atoms with van der Waals surface area (Å²) in [6, 6.07) is 9.72. The first kappa shape index (κ1) is 40.8. The average Bonchev–Trinajstić information content (AvgIpc) is 3.74. The van der Waals surface area contributed by atoms with Crippen molar-refractivity contribution >= 4 is 91.6 Å². The normalized spacial score (nSPS) is 10.0. The zero-order chi connectivity index (χ0) is 36.4. The number of thioether (sulfide) groups is 1. The van der Waals surface area contributed by atoms with Gasteiger partial charge in [-0.1, -0.05) is 23.4 Å². The number of rotatable bonds is 5. The van der Waals surface area contributed by atoms with E-state index in [0.717, 1.165) is 11.6 Å². The summed E-state index contributed by atoms with van der Waals surface area (Å²) in [7, 11) is 5.42. The van der Waals surface area contributed by atoms with Gasteiger partial charge < -0.3 is 21.4 Å². The number of nitrogens with zero attached hydrogens (tertiary/aromatic N) is 10. The smallest absolute Gasteiger partial charge is 0.339 e. The number of aromatic amines is 2. The van der Waals surface area contributed by atoms with Gasteiger partial charge in [0, 0.05) is 64.0 Å². The van der Waals surface area contributed by atoms with Crippen molar-refractivity contribution in [2.75, 3.05) is 22.6 Å². The van der Waals surface area contributed by atoms with E-state index < -0.39 is 5.20 Å². The Morgan fingerprint density at radius 3 is 1.65 bits per heavy atom. The number of hydrogen-bond donors (Lipinski definition) is 5. The standard InChI is InChI=1S/C8H8ClN5.C8H9N5O.C5H6N2OS.C4H7N3.Cl3OP/c1-14-7(3-5-11-14)13-8-10-4-2-6(9)12-8;1-13-6(2-5-10-13)11-8-9-4-3-7(14)12-8;1-9-5-6-3-2-4(8)7-5;1-7-4(5)2-3-6-7;1-5(2,3)4/h2-5H,1H3,(H,10,12,13);2-5H,1H3,(H2,9,11,12,14);2-3H,1H3,(H,6,7,8);2-3H,5H2,1H3;. The van der Waals surface area contributed by atoms with E-state index in [1.54, 1.807) is 71.1 Å². The van der Waals surface area contributed by atoms with Crippen LogP contribution in [0.4, 0.5) is 29.4 Å². The third kappa shape index (κ3) is 17.5. The van der Waals surface area contributed by atoms with Crippen molar-refractivity contribution in [1.82, 2.24) is 59.2 Å². The van der Waals surface area contributed by atoms with Crippen molar-refractivity contribution in [2.24, 2.45) is 21.1 Å². The van der Waals surface area contributed by atoms with Crippen molar-refractivity contribution < 1.29 is 4.57 Å². The highest BCUT2D eigenvalue weighted by Gasteiger charge is 2.03. The van der Waals surface area contributed by atoms with Crippen molar-refractivity contribution in [2.45, 2.75) is 5.16 Å². The van der Waals surface area contributed by atoms with Gasteiger partial charge in [-0.15, -0.1) is 0 Å². The Morgan fingerprint density at radius 1 is 0.735 bits per heavy atom. The summed E-state index contributed by atoms with van der Waals surface area (Å²) in [5.74, 6) is 3.13. The van der Waals surface area contributed by atoms with Crippen LogP contribution in [0.2, 0.25) is 5.15 Å². The van der Waals surface area contributed by atoms with Gasteiger partial charge in [0.15, 0.2) is 5.16 Å². The van der Waals surface area contributed by atoms with E-state index in [2.05, 4.69) is 89.6 Å². The van der Waals surface area contributed by atoms with E-state index in [1.807, 2.05) is 19.4 Å². The average molecular weight is 793 g/mol. The predicted octanol–water partition coefficient (Wildman–Crippen LogP) is 5.16. The lowest BCUT2D eigenvalue weighted by molar-refractivity contribution is 0.600. The minimum Gasteiger partial charge on any atom is -0.384 e. The molecule has 0 spiro atoms. The maximum absolute atomic E-state index is 10.9. The molecule has 6 N–H and O–H groups in total. The lowest BCUT2D eigenvalue weighted by Gasteiger charge is -2.03. The van der Waals surface area contributed by atoms with Gasteiger partial charge in [-0.05, 0) is 52.1 Å². The van der Waals surface area contributed by atoms with Crippen molar-refractivity contribution in [3.8, 4) is 0 Å². The maximum Gasteiger partial charge on any atom is 0.339 e. The van der Waals surface area contributed by atoms with Gasteiger partial charge >= 0.3 is 5.20 Å². The molecule has 6 aromatic heterocycles. The van der Waals surface area contributed by atoms with Crippen LogP contribution in [0.3, 0.4) is 0 Å². The van der Waals surface area contributed by atoms with Crippen molar-refractivity contribution in [3.63, 3.8) is 0 Å². The fourth-order valence-corrected chi connectivity index (χ4v) is 3.40. The molecule has 18 nitrogen and oxygen atoms in total. The molecular weight excluding hydrogens is 763 g/mol. The molecule has 6 rings (SSSR count). The van der Waals surface area contributed by atoms with E-state index >= 15 is 0 Å². The fourth-order valence-electron chi connectivity index (χ4n) is 2.90. The molecule has 262 valence electrons. The Kier molecular flexibility index (Phi) is 17.4. The Balaban J connectivity index is 0.000000223. The van der Waals surface area contributed by atoms with Crippen LogP contribution in [0.25, 0.3) is 0 Å². The quantitative estimate of drug-likeness (QED) is 0.0656. The minimum absolute atomic E-state index is 0.102. The van der Waals surface area contributed by atoms with Crippen LogP contribution >= 0.6 is 62.3 Å². The number of aryl methyl sites for hydroxylation is 3. The molecule has 0 unspecified atom stereocenters. The van der Waals surface area contributed by atoms with Gasteiger partial charge in [0.1, 0.15) is 22.6 Å². The number of nitrogens with one attached hydrogen (secondary N) is 4. The first-order chi connectivity index (χ1) is 23.1. The molecule has 0 saturated carbocycles. The number of hydrogen-bond acceptors (Lipinski definition) is 14. The van der Waals surface area contributed by atoms with Gasteiger partial charge in [0.25, 0.3) is 11.1 Å². The van der Waals surface area contributed by atoms with Crippen LogP contribution in [0, 0.1) is 0 Å². The highest BCUT2D eigenvalue weighted by Crippen LogP contribution is 2.61. The predicted molar refractivity (Wildman–Crippen MR) is 194 cm³/mol. The molecule has 0 bridgehead atoms.